The maximum atomic E-state index is 12.3. The van der Waals surface area contributed by atoms with Gasteiger partial charge in [-0.15, -0.1) is 0 Å². The van der Waals surface area contributed by atoms with Gasteiger partial charge in [-0.25, -0.2) is 4.98 Å². The number of hydrogen-bond donors (Lipinski definition) is 0. The number of rotatable bonds is 7. The van der Waals surface area contributed by atoms with Crippen LogP contribution in [0.25, 0.3) is 11.5 Å². The van der Waals surface area contributed by atoms with Crippen molar-refractivity contribution in [2.45, 2.75) is 13.2 Å². The molecule has 0 fully saturated rings. The Morgan fingerprint density at radius 2 is 1.84 bits per heavy atom. The fraction of sp³-hybridized carbons (Fsp3) is 0.111. The molecule has 1 aromatic heterocycles. The summed E-state index contributed by atoms with van der Waals surface area (Å²) in [6.45, 7) is -2.81. The number of oxazole rings is 1. The van der Waals surface area contributed by atoms with Crippen LogP contribution in [-0.4, -0.2) is 17.8 Å². The number of benzene rings is 2. The Morgan fingerprint density at radius 3 is 2.64 bits per heavy atom. The first kappa shape index (κ1) is 16.6. The summed E-state index contributed by atoms with van der Waals surface area (Å²) in [5.74, 6) is 0.511. The molecule has 0 N–H and O–H groups in total. The van der Waals surface area contributed by atoms with Gasteiger partial charge in [0.15, 0.2) is 6.61 Å². The largest absolute Gasteiger partial charge is 0.444 e. The van der Waals surface area contributed by atoms with Crippen molar-refractivity contribution in [2.75, 3.05) is 0 Å². The van der Waals surface area contributed by atoms with Gasteiger partial charge < -0.3 is 14.0 Å². The van der Waals surface area contributed by atoms with Crippen molar-refractivity contribution < 1.29 is 22.8 Å². The molecule has 3 aromatic rings. The first-order chi connectivity index (χ1) is 12.2. The van der Waals surface area contributed by atoms with Gasteiger partial charge >= 0.3 is 6.61 Å². The zero-order chi connectivity index (χ0) is 17.5. The van der Waals surface area contributed by atoms with Crippen LogP contribution in [0, 0.1) is 0 Å². The molecule has 0 saturated heterocycles. The molecule has 0 bridgehead atoms. The van der Waals surface area contributed by atoms with Gasteiger partial charge in [0.25, 0.3) is 0 Å². The van der Waals surface area contributed by atoms with Crippen LogP contribution in [-0.2, 0) is 11.4 Å². The summed E-state index contributed by atoms with van der Waals surface area (Å²) in [6.07, 6.45) is 2.78. The van der Waals surface area contributed by atoms with Crippen LogP contribution in [0.1, 0.15) is 11.3 Å². The highest BCUT2D eigenvalue weighted by atomic mass is 19.3. The molecule has 7 heteroatoms. The fourth-order valence-electron chi connectivity index (χ4n) is 2.07. The second-order valence-corrected chi connectivity index (χ2v) is 4.93. The summed E-state index contributed by atoms with van der Waals surface area (Å²) in [6, 6.07) is 15.7. The maximum Gasteiger partial charge on any atom is 0.387 e. The SMILES string of the molecule is FC(F)Oc1ccccc1/C=N/OCc1coc(-c2ccccc2)n1. The maximum absolute atomic E-state index is 12.3. The van der Waals surface area contributed by atoms with Crippen LogP contribution in [0.15, 0.2) is 70.4 Å². The van der Waals surface area contributed by atoms with Gasteiger partial charge in [0, 0.05) is 11.1 Å². The molecule has 0 unspecified atom stereocenters. The normalized spacial score (nSPS) is 11.2. The molecule has 128 valence electrons. The first-order valence-corrected chi connectivity index (χ1v) is 7.41. The van der Waals surface area contributed by atoms with Crippen LogP contribution >= 0.6 is 0 Å². The Morgan fingerprint density at radius 1 is 1.08 bits per heavy atom. The standard InChI is InChI=1S/C18H14F2N2O3/c19-18(20)25-16-9-5-4-8-14(16)10-21-24-12-15-11-23-17(22-15)13-6-2-1-3-7-13/h1-11,18H,12H2/b21-10+. The summed E-state index contributed by atoms with van der Waals surface area (Å²) in [4.78, 5) is 9.43. The molecular weight excluding hydrogens is 330 g/mol. The van der Waals surface area contributed by atoms with Gasteiger partial charge in [0.2, 0.25) is 5.89 Å². The molecule has 25 heavy (non-hydrogen) atoms. The minimum atomic E-state index is -2.90. The summed E-state index contributed by atoms with van der Waals surface area (Å²) >= 11 is 0. The highest BCUT2D eigenvalue weighted by molar-refractivity contribution is 5.83. The lowest BCUT2D eigenvalue weighted by Gasteiger charge is -2.06. The van der Waals surface area contributed by atoms with Crippen molar-refractivity contribution >= 4 is 6.21 Å². The van der Waals surface area contributed by atoms with E-state index in [0.29, 0.717) is 17.1 Å². The van der Waals surface area contributed by atoms with Crippen molar-refractivity contribution in [3.8, 4) is 17.2 Å². The van der Waals surface area contributed by atoms with Crippen LogP contribution in [0.4, 0.5) is 8.78 Å². The molecular formula is C18H14F2N2O3. The average molecular weight is 344 g/mol. The predicted octanol–water partition coefficient (Wildman–Crippen LogP) is 4.49. The molecule has 0 atom stereocenters. The number of alkyl halides is 2. The zero-order valence-electron chi connectivity index (χ0n) is 13.0. The van der Waals surface area contributed by atoms with Crippen molar-refractivity contribution in [1.29, 1.82) is 0 Å². The lowest BCUT2D eigenvalue weighted by molar-refractivity contribution is -0.0499. The molecule has 0 saturated carbocycles. The van der Waals surface area contributed by atoms with E-state index in [4.69, 9.17) is 9.25 Å². The highest BCUT2D eigenvalue weighted by Gasteiger charge is 2.08. The number of para-hydroxylation sites is 1. The predicted molar refractivity (Wildman–Crippen MR) is 87.4 cm³/mol. The molecule has 2 aromatic carbocycles. The lowest BCUT2D eigenvalue weighted by Crippen LogP contribution is -2.04. The monoisotopic (exact) mass is 344 g/mol. The smallest absolute Gasteiger partial charge is 0.387 e. The van der Waals surface area contributed by atoms with E-state index in [0.717, 1.165) is 5.56 Å². The summed E-state index contributed by atoms with van der Waals surface area (Å²) in [7, 11) is 0. The second kappa shape index (κ2) is 8.05. The van der Waals surface area contributed by atoms with Crippen LogP contribution in [0.3, 0.4) is 0 Å². The number of hydrogen-bond acceptors (Lipinski definition) is 5. The molecule has 3 rings (SSSR count). The number of oxime groups is 1. The third-order valence-corrected chi connectivity index (χ3v) is 3.19. The highest BCUT2D eigenvalue weighted by Crippen LogP contribution is 2.19. The van der Waals surface area contributed by atoms with E-state index in [9.17, 15) is 8.78 Å². The average Bonchev–Trinajstić information content (AvgIpc) is 3.09. The summed E-state index contributed by atoms with van der Waals surface area (Å²) < 4.78 is 34.5. The zero-order valence-corrected chi connectivity index (χ0v) is 13.0. The Kier molecular flexibility index (Phi) is 5.36. The topological polar surface area (TPSA) is 56.9 Å². The molecule has 0 aliphatic heterocycles. The minimum absolute atomic E-state index is 0.0256. The quantitative estimate of drug-likeness (QED) is 0.468. The number of nitrogens with zero attached hydrogens (tertiary/aromatic N) is 2. The third kappa shape index (κ3) is 4.63. The lowest BCUT2D eigenvalue weighted by atomic mass is 10.2. The van der Waals surface area contributed by atoms with Gasteiger partial charge in [-0.1, -0.05) is 35.5 Å². The Balaban J connectivity index is 1.59. The second-order valence-electron chi connectivity index (χ2n) is 4.93. The third-order valence-electron chi connectivity index (χ3n) is 3.19. The van der Waals surface area contributed by atoms with Gasteiger partial charge in [-0.3, -0.25) is 0 Å². The molecule has 0 aliphatic rings. The van der Waals surface area contributed by atoms with E-state index in [2.05, 4.69) is 14.9 Å². The van der Waals surface area contributed by atoms with Gasteiger partial charge in [-0.05, 0) is 24.3 Å². The van der Waals surface area contributed by atoms with Gasteiger partial charge in [0.1, 0.15) is 17.7 Å². The molecule has 0 aliphatic carbocycles. The Labute approximate surface area is 142 Å². The molecule has 5 nitrogen and oxygen atoms in total. The summed E-state index contributed by atoms with van der Waals surface area (Å²) in [5, 5.41) is 3.76. The van der Waals surface area contributed by atoms with Crippen molar-refractivity contribution in [1.82, 2.24) is 4.98 Å². The van der Waals surface area contributed by atoms with E-state index in [-0.39, 0.29) is 12.4 Å². The number of aromatic nitrogens is 1. The summed E-state index contributed by atoms with van der Waals surface area (Å²) in [5.41, 5.74) is 1.80. The van der Waals surface area contributed by atoms with Crippen molar-refractivity contribution in [2.24, 2.45) is 5.16 Å². The van der Waals surface area contributed by atoms with E-state index in [1.165, 1.54) is 18.5 Å². The molecule has 0 radical (unpaired) electrons. The molecule has 1 heterocycles. The van der Waals surface area contributed by atoms with Crippen LogP contribution in [0.5, 0.6) is 5.75 Å². The van der Waals surface area contributed by atoms with E-state index >= 15 is 0 Å². The Hall–Kier alpha value is -3.22. The van der Waals surface area contributed by atoms with E-state index in [1.807, 2.05) is 30.3 Å². The van der Waals surface area contributed by atoms with Crippen molar-refractivity contribution in [3.05, 3.63) is 72.1 Å². The number of ether oxygens (including phenoxy) is 1. The molecule has 0 spiro atoms. The molecule has 0 amide bonds. The van der Waals surface area contributed by atoms with Crippen LogP contribution < -0.4 is 4.74 Å². The number of halogens is 2. The van der Waals surface area contributed by atoms with Gasteiger partial charge in [0.05, 0.1) is 6.21 Å². The van der Waals surface area contributed by atoms with Crippen molar-refractivity contribution in [3.63, 3.8) is 0 Å². The Bertz CT molecular complexity index is 835. The van der Waals surface area contributed by atoms with Crippen LogP contribution in [0.2, 0.25) is 0 Å². The minimum Gasteiger partial charge on any atom is -0.444 e. The van der Waals surface area contributed by atoms with E-state index < -0.39 is 6.61 Å². The van der Waals surface area contributed by atoms with E-state index in [1.54, 1.807) is 18.2 Å². The fourth-order valence-corrected chi connectivity index (χ4v) is 2.07. The first-order valence-electron chi connectivity index (χ1n) is 7.41. The van der Waals surface area contributed by atoms with Gasteiger partial charge in [-0.2, -0.15) is 8.78 Å².